The zero-order chi connectivity index (χ0) is 18.8. The highest BCUT2D eigenvalue weighted by Crippen LogP contribution is 2.23. The van der Waals surface area contributed by atoms with Crippen LogP contribution in [0.2, 0.25) is 0 Å². The number of nitrogens with one attached hydrogen (secondary N) is 4. The molecule has 26 heavy (non-hydrogen) atoms. The number of aromatic nitrogens is 1. The summed E-state index contributed by atoms with van der Waals surface area (Å²) < 4.78 is 4.94. The third-order valence-electron chi connectivity index (χ3n) is 3.37. The van der Waals surface area contributed by atoms with Crippen LogP contribution in [0.1, 0.15) is 17.3 Å². The summed E-state index contributed by atoms with van der Waals surface area (Å²) in [6.07, 6.45) is 1.43. The van der Waals surface area contributed by atoms with Gasteiger partial charge in [0.15, 0.2) is 0 Å². The lowest BCUT2D eigenvalue weighted by Gasteiger charge is -2.14. The van der Waals surface area contributed by atoms with Gasteiger partial charge in [-0.15, -0.1) is 0 Å². The lowest BCUT2D eigenvalue weighted by molar-refractivity contribution is 0.0937. The number of rotatable bonds is 8. The summed E-state index contributed by atoms with van der Waals surface area (Å²) in [5.74, 6) is 0.0559. The maximum Gasteiger partial charge on any atom is 0.320 e. The predicted molar refractivity (Wildman–Crippen MR) is 101 cm³/mol. The predicted octanol–water partition coefficient (Wildman–Crippen LogP) is 2.34. The summed E-state index contributed by atoms with van der Waals surface area (Å²) >= 11 is 0. The molecule has 1 heterocycles. The number of methoxy groups -OCH3 is 1. The van der Waals surface area contributed by atoms with Crippen molar-refractivity contribution < 1.29 is 14.3 Å². The van der Waals surface area contributed by atoms with E-state index in [1.807, 2.05) is 37.3 Å². The minimum absolute atomic E-state index is 0.280. The smallest absolute Gasteiger partial charge is 0.320 e. The number of benzene rings is 1. The average Bonchev–Trinajstić information content (AvgIpc) is 2.63. The highest BCUT2D eigenvalue weighted by Gasteiger charge is 2.14. The van der Waals surface area contributed by atoms with Crippen LogP contribution in [0.25, 0.3) is 0 Å². The summed E-state index contributed by atoms with van der Waals surface area (Å²) in [4.78, 5) is 28.3. The van der Waals surface area contributed by atoms with Crippen molar-refractivity contribution in [2.75, 3.05) is 37.4 Å². The van der Waals surface area contributed by atoms with E-state index in [4.69, 9.17) is 4.74 Å². The SMILES string of the molecule is CCNC(=O)Nc1cc(Nc2ccccc2)c(C(=O)NCCOC)cn1. The largest absolute Gasteiger partial charge is 0.383 e. The third kappa shape index (κ3) is 5.75. The Morgan fingerprint density at radius 2 is 1.92 bits per heavy atom. The fourth-order valence-electron chi connectivity index (χ4n) is 2.17. The van der Waals surface area contributed by atoms with Crippen molar-refractivity contribution in [2.45, 2.75) is 6.92 Å². The van der Waals surface area contributed by atoms with Crippen LogP contribution in [0.3, 0.4) is 0 Å². The Balaban J connectivity index is 2.24. The van der Waals surface area contributed by atoms with Crippen LogP contribution in [0.5, 0.6) is 0 Å². The first-order valence-electron chi connectivity index (χ1n) is 8.28. The number of carbonyl (C=O) groups is 2. The lowest BCUT2D eigenvalue weighted by Crippen LogP contribution is -2.29. The molecular weight excluding hydrogens is 334 g/mol. The van der Waals surface area contributed by atoms with Gasteiger partial charge in [0.05, 0.1) is 17.9 Å². The van der Waals surface area contributed by atoms with E-state index in [0.717, 1.165) is 5.69 Å². The molecule has 2 rings (SSSR count). The first-order chi connectivity index (χ1) is 12.6. The van der Waals surface area contributed by atoms with Gasteiger partial charge in [0.2, 0.25) is 0 Å². The number of para-hydroxylation sites is 1. The van der Waals surface area contributed by atoms with Crippen molar-refractivity contribution in [3.63, 3.8) is 0 Å². The standard InChI is InChI=1S/C18H23N5O3/c1-3-19-18(25)23-16-11-15(22-13-7-5-4-6-8-13)14(12-21-16)17(24)20-9-10-26-2/h4-8,11-12H,3,9-10H2,1-2H3,(H,20,24)(H3,19,21,22,23,25). The summed E-state index contributed by atoms with van der Waals surface area (Å²) in [6, 6.07) is 10.7. The monoisotopic (exact) mass is 357 g/mol. The van der Waals surface area contributed by atoms with Crippen LogP contribution in [0.4, 0.5) is 22.0 Å². The number of amides is 3. The van der Waals surface area contributed by atoms with Gasteiger partial charge in [-0.25, -0.2) is 9.78 Å². The van der Waals surface area contributed by atoms with Crippen LogP contribution in [0.15, 0.2) is 42.6 Å². The van der Waals surface area contributed by atoms with Gasteiger partial charge in [0.25, 0.3) is 5.91 Å². The Labute approximate surface area is 152 Å². The molecule has 0 aliphatic rings. The molecule has 0 atom stereocenters. The normalized spacial score (nSPS) is 10.1. The maximum atomic E-state index is 12.4. The molecule has 3 amide bonds. The molecule has 0 radical (unpaired) electrons. The number of hydrogen-bond acceptors (Lipinski definition) is 5. The highest BCUT2D eigenvalue weighted by molar-refractivity contribution is 6.01. The van der Waals surface area contributed by atoms with E-state index in [-0.39, 0.29) is 11.9 Å². The van der Waals surface area contributed by atoms with Gasteiger partial charge in [0.1, 0.15) is 5.82 Å². The number of pyridine rings is 1. The second-order valence-corrected chi connectivity index (χ2v) is 5.34. The van der Waals surface area contributed by atoms with E-state index in [1.165, 1.54) is 6.20 Å². The lowest BCUT2D eigenvalue weighted by atomic mass is 10.2. The molecule has 0 saturated heterocycles. The second kappa shape index (κ2) is 10.00. The van der Waals surface area contributed by atoms with E-state index < -0.39 is 0 Å². The van der Waals surface area contributed by atoms with Gasteiger partial charge in [-0.3, -0.25) is 10.1 Å². The molecule has 0 bridgehead atoms. The molecule has 1 aromatic heterocycles. The molecule has 8 nitrogen and oxygen atoms in total. The molecule has 0 aliphatic heterocycles. The Morgan fingerprint density at radius 1 is 1.15 bits per heavy atom. The summed E-state index contributed by atoms with van der Waals surface area (Å²) in [7, 11) is 1.57. The number of anilines is 3. The van der Waals surface area contributed by atoms with Crippen LogP contribution in [0, 0.1) is 0 Å². The van der Waals surface area contributed by atoms with Crippen LogP contribution < -0.4 is 21.3 Å². The quantitative estimate of drug-likeness (QED) is 0.543. The highest BCUT2D eigenvalue weighted by atomic mass is 16.5. The third-order valence-corrected chi connectivity index (χ3v) is 3.37. The topological polar surface area (TPSA) is 104 Å². The van der Waals surface area contributed by atoms with Gasteiger partial charge < -0.3 is 20.7 Å². The first kappa shape index (κ1) is 19.2. The number of hydrogen-bond donors (Lipinski definition) is 4. The molecule has 8 heteroatoms. The number of carbonyl (C=O) groups excluding carboxylic acids is 2. The van der Waals surface area contributed by atoms with Crippen LogP contribution in [-0.4, -0.2) is 43.7 Å². The van der Waals surface area contributed by atoms with Gasteiger partial charge in [0, 0.05) is 38.1 Å². The molecule has 4 N–H and O–H groups in total. The molecule has 0 fully saturated rings. The molecule has 0 aliphatic carbocycles. The molecule has 0 unspecified atom stereocenters. The van der Waals surface area contributed by atoms with Gasteiger partial charge in [-0.2, -0.15) is 0 Å². The summed E-state index contributed by atoms with van der Waals surface area (Å²) in [5.41, 5.74) is 1.72. The van der Waals surface area contributed by atoms with Crippen molar-refractivity contribution in [3.8, 4) is 0 Å². The van der Waals surface area contributed by atoms with Crippen molar-refractivity contribution in [1.29, 1.82) is 0 Å². The van der Waals surface area contributed by atoms with Crippen molar-refractivity contribution in [1.82, 2.24) is 15.6 Å². The van der Waals surface area contributed by atoms with Gasteiger partial charge in [-0.1, -0.05) is 18.2 Å². The van der Waals surface area contributed by atoms with Gasteiger partial charge in [-0.05, 0) is 19.1 Å². The Kier molecular flexibility index (Phi) is 7.38. The molecule has 0 spiro atoms. The first-order valence-corrected chi connectivity index (χ1v) is 8.28. The summed E-state index contributed by atoms with van der Waals surface area (Å²) in [6.45, 7) is 3.13. The fraction of sp³-hybridized carbons (Fsp3) is 0.278. The number of ether oxygens (including phenoxy) is 1. The van der Waals surface area contributed by atoms with E-state index >= 15 is 0 Å². The van der Waals surface area contributed by atoms with E-state index in [2.05, 4.69) is 26.3 Å². The van der Waals surface area contributed by atoms with E-state index in [9.17, 15) is 9.59 Å². The minimum Gasteiger partial charge on any atom is -0.383 e. The minimum atomic E-state index is -0.358. The number of urea groups is 1. The summed E-state index contributed by atoms with van der Waals surface area (Å²) in [5, 5.41) is 11.2. The molecule has 2 aromatic rings. The van der Waals surface area contributed by atoms with E-state index in [1.54, 1.807) is 13.2 Å². The van der Waals surface area contributed by atoms with Crippen molar-refractivity contribution in [2.24, 2.45) is 0 Å². The number of nitrogens with zero attached hydrogens (tertiary/aromatic N) is 1. The second-order valence-electron chi connectivity index (χ2n) is 5.34. The van der Waals surface area contributed by atoms with Crippen molar-refractivity contribution >= 4 is 29.1 Å². The fourth-order valence-corrected chi connectivity index (χ4v) is 2.17. The van der Waals surface area contributed by atoms with E-state index in [0.29, 0.717) is 36.8 Å². The van der Waals surface area contributed by atoms with Crippen molar-refractivity contribution in [3.05, 3.63) is 48.2 Å². The Hall–Kier alpha value is -3.13. The zero-order valence-corrected chi connectivity index (χ0v) is 14.8. The van der Waals surface area contributed by atoms with Crippen LogP contribution in [-0.2, 0) is 4.74 Å². The van der Waals surface area contributed by atoms with Crippen LogP contribution >= 0.6 is 0 Å². The molecule has 138 valence electrons. The zero-order valence-electron chi connectivity index (χ0n) is 14.8. The maximum absolute atomic E-state index is 12.4. The average molecular weight is 357 g/mol. The molecular formula is C18H23N5O3. The molecule has 1 aromatic carbocycles. The Morgan fingerprint density at radius 3 is 2.62 bits per heavy atom. The Bertz CT molecular complexity index is 737. The molecule has 0 saturated carbocycles. The van der Waals surface area contributed by atoms with Gasteiger partial charge >= 0.3 is 6.03 Å².